The fourth-order valence-corrected chi connectivity index (χ4v) is 4.46. The van der Waals surface area contributed by atoms with Gasteiger partial charge in [-0.25, -0.2) is 0 Å². The van der Waals surface area contributed by atoms with E-state index in [0.717, 1.165) is 48.9 Å². The number of fused-ring (bicyclic) bond motifs is 4. The molecule has 5 rings (SSSR count). The summed E-state index contributed by atoms with van der Waals surface area (Å²) in [6.07, 6.45) is 4.58. The van der Waals surface area contributed by atoms with Crippen molar-refractivity contribution in [1.29, 1.82) is 0 Å². The van der Waals surface area contributed by atoms with Gasteiger partial charge >= 0.3 is 6.18 Å². The molecule has 140 valence electrons. The van der Waals surface area contributed by atoms with Crippen LogP contribution in [0.4, 0.5) is 13.2 Å². The zero-order valence-corrected chi connectivity index (χ0v) is 15.3. The molecule has 0 amide bonds. The lowest BCUT2D eigenvalue weighted by molar-refractivity contribution is -0.137. The first-order valence-electron chi connectivity index (χ1n) is 9.63. The molecule has 0 radical (unpaired) electrons. The summed E-state index contributed by atoms with van der Waals surface area (Å²) in [7, 11) is 0. The molecular weight excluding hydrogens is 357 g/mol. The van der Waals surface area contributed by atoms with E-state index in [9.17, 15) is 13.2 Å². The third kappa shape index (κ3) is 2.86. The summed E-state index contributed by atoms with van der Waals surface area (Å²) < 4.78 is 38.5. The van der Waals surface area contributed by atoms with Gasteiger partial charge in [-0.1, -0.05) is 54.1 Å². The normalized spacial score (nSPS) is 16.2. The summed E-state index contributed by atoms with van der Waals surface area (Å²) in [6, 6.07) is 16.0. The SMILES string of the molecule is FC(F)(F)c1ccc(-c2ccc3ccc4c(c3c2)CCC2=C4C=CCC2)cc1. The zero-order chi connectivity index (χ0) is 19.3. The van der Waals surface area contributed by atoms with Crippen LogP contribution in [-0.4, -0.2) is 0 Å². The van der Waals surface area contributed by atoms with Crippen molar-refractivity contribution < 1.29 is 13.2 Å². The van der Waals surface area contributed by atoms with Crippen LogP contribution >= 0.6 is 0 Å². The lowest BCUT2D eigenvalue weighted by Gasteiger charge is -2.25. The summed E-state index contributed by atoms with van der Waals surface area (Å²) in [5.74, 6) is 0. The minimum Gasteiger partial charge on any atom is -0.166 e. The molecule has 0 nitrogen and oxygen atoms in total. The zero-order valence-electron chi connectivity index (χ0n) is 15.3. The van der Waals surface area contributed by atoms with Crippen LogP contribution in [0.15, 0.2) is 72.3 Å². The topological polar surface area (TPSA) is 0 Å². The average molecular weight is 376 g/mol. The maximum Gasteiger partial charge on any atom is 0.416 e. The first kappa shape index (κ1) is 17.3. The maximum atomic E-state index is 12.8. The molecule has 3 aromatic rings. The Hall–Kier alpha value is -2.81. The molecule has 3 heteroatoms. The molecule has 0 aliphatic heterocycles. The van der Waals surface area contributed by atoms with Gasteiger partial charge in [0.15, 0.2) is 0 Å². The van der Waals surface area contributed by atoms with Gasteiger partial charge in [-0.3, -0.25) is 0 Å². The molecule has 0 N–H and O–H groups in total. The highest BCUT2D eigenvalue weighted by atomic mass is 19.4. The van der Waals surface area contributed by atoms with E-state index in [1.54, 1.807) is 17.7 Å². The fourth-order valence-electron chi connectivity index (χ4n) is 4.46. The molecule has 0 saturated carbocycles. The molecule has 2 aliphatic carbocycles. The molecule has 3 aromatic carbocycles. The molecule has 0 fully saturated rings. The summed E-state index contributed by atoms with van der Waals surface area (Å²) >= 11 is 0. The lowest BCUT2D eigenvalue weighted by atomic mass is 9.79. The fraction of sp³-hybridized carbons (Fsp3) is 0.200. The standard InChI is InChI=1S/C25H19F3/c26-25(27,28)20-11-7-16(8-12-20)19-6-5-18-10-13-22-21-4-2-1-3-17(21)9-14-23(22)24(18)15-19/h2,4-8,10-13,15H,1,3,9,14H2. The molecule has 0 bridgehead atoms. The van der Waals surface area contributed by atoms with E-state index >= 15 is 0 Å². The molecule has 0 saturated heterocycles. The molecule has 0 spiro atoms. The average Bonchev–Trinajstić information content (AvgIpc) is 2.72. The Morgan fingerprint density at radius 3 is 2.29 bits per heavy atom. The second-order valence-corrected chi connectivity index (χ2v) is 7.56. The highest BCUT2D eigenvalue weighted by molar-refractivity contribution is 5.96. The van der Waals surface area contributed by atoms with E-state index in [2.05, 4.69) is 36.4 Å². The summed E-state index contributed by atoms with van der Waals surface area (Å²) in [4.78, 5) is 0. The van der Waals surface area contributed by atoms with Gasteiger partial charge in [-0.15, -0.1) is 0 Å². The number of rotatable bonds is 1. The van der Waals surface area contributed by atoms with Crippen LogP contribution in [0, 0.1) is 0 Å². The van der Waals surface area contributed by atoms with Crippen molar-refractivity contribution in [2.24, 2.45) is 0 Å². The monoisotopic (exact) mass is 376 g/mol. The predicted molar refractivity (Wildman–Crippen MR) is 108 cm³/mol. The van der Waals surface area contributed by atoms with E-state index in [-0.39, 0.29) is 0 Å². The summed E-state index contributed by atoms with van der Waals surface area (Å²) in [5, 5.41) is 2.39. The Bertz CT molecular complexity index is 1130. The number of alkyl halides is 3. The molecule has 2 aliphatic rings. The summed E-state index contributed by atoms with van der Waals surface area (Å²) in [5.41, 5.74) is 6.74. The Morgan fingerprint density at radius 2 is 1.50 bits per heavy atom. The molecule has 0 aromatic heterocycles. The quantitative estimate of drug-likeness (QED) is 0.411. The first-order chi connectivity index (χ1) is 13.5. The van der Waals surface area contributed by atoms with Gasteiger partial charge in [0.05, 0.1) is 5.56 Å². The molecule has 28 heavy (non-hydrogen) atoms. The van der Waals surface area contributed by atoms with E-state index in [1.165, 1.54) is 27.5 Å². The highest BCUT2D eigenvalue weighted by Crippen LogP contribution is 2.40. The van der Waals surface area contributed by atoms with Gasteiger partial charge in [-0.2, -0.15) is 13.2 Å². The van der Waals surface area contributed by atoms with Gasteiger partial charge in [0.1, 0.15) is 0 Å². The Kier molecular flexibility index (Phi) is 3.94. The Balaban J connectivity index is 1.62. The second kappa shape index (κ2) is 6.37. The smallest absolute Gasteiger partial charge is 0.166 e. The maximum absolute atomic E-state index is 12.8. The van der Waals surface area contributed by atoms with Crippen LogP contribution in [0.25, 0.3) is 27.5 Å². The predicted octanol–water partition coefficient (Wildman–Crippen LogP) is 7.58. The molecule has 0 unspecified atom stereocenters. The highest BCUT2D eigenvalue weighted by Gasteiger charge is 2.30. The van der Waals surface area contributed by atoms with Crippen LogP contribution in [0.5, 0.6) is 0 Å². The van der Waals surface area contributed by atoms with Crippen molar-refractivity contribution in [2.75, 3.05) is 0 Å². The van der Waals surface area contributed by atoms with E-state index in [1.807, 2.05) is 6.07 Å². The van der Waals surface area contributed by atoms with Gasteiger partial charge in [0.25, 0.3) is 0 Å². The Labute approximate surface area is 162 Å². The van der Waals surface area contributed by atoms with E-state index < -0.39 is 11.7 Å². The first-order valence-corrected chi connectivity index (χ1v) is 9.63. The number of allylic oxidation sites excluding steroid dienone is 4. The van der Waals surface area contributed by atoms with Crippen molar-refractivity contribution in [3.63, 3.8) is 0 Å². The van der Waals surface area contributed by atoms with Crippen molar-refractivity contribution in [3.8, 4) is 11.1 Å². The van der Waals surface area contributed by atoms with Crippen LogP contribution in [0.3, 0.4) is 0 Å². The van der Waals surface area contributed by atoms with Crippen molar-refractivity contribution in [3.05, 3.63) is 89.0 Å². The largest absolute Gasteiger partial charge is 0.416 e. The number of halogens is 3. The van der Waals surface area contributed by atoms with Gasteiger partial charge in [0.2, 0.25) is 0 Å². The van der Waals surface area contributed by atoms with Gasteiger partial charge < -0.3 is 0 Å². The van der Waals surface area contributed by atoms with Crippen LogP contribution in [0.1, 0.15) is 36.0 Å². The lowest BCUT2D eigenvalue weighted by Crippen LogP contribution is -2.07. The molecule has 0 heterocycles. The van der Waals surface area contributed by atoms with Gasteiger partial charge in [-0.05, 0) is 82.5 Å². The van der Waals surface area contributed by atoms with Crippen LogP contribution < -0.4 is 0 Å². The van der Waals surface area contributed by atoms with Crippen molar-refractivity contribution in [2.45, 2.75) is 31.9 Å². The second-order valence-electron chi connectivity index (χ2n) is 7.56. The van der Waals surface area contributed by atoms with E-state index in [0.29, 0.717) is 0 Å². The third-order valence-electron chi connectivity index (χ3n) is 5.92. The van der Waals surface area contributed by atoms with Crippen LogP contribution in [0.2, 0.25) is 0 Å². The summed E-state index contributed by atoms with van der Waals surface area (Å²) in [6.45, 7) is 0. The Morgan fingerprint density at radius 1 is 0.750 bits per heavy atom. The number of hydrogen-bond acceptors (Lipinski definition) is 0. The minimum absolute atomic E-state index is 0.613. The third-order valence-corrected chi connectivity index (χ3v) is 5.92. The number of aryl methyl sites for hydroxylation is 1. The number of hydrogen-bond donors (Lipinski definition) is 0. The van der Waals surface area contributed by atoms with Gasteiger partial charge in [0, 0.05) is 0 Å². The van der Waals surface area contributed by atoms with Crippen LogP contribution in [-0.2, 0) is 12.6 Å². The minimum atomic E-state index is -4.31. The van der Waals surface area contributed by atoms with E-state index in [4.69, 9.17) is 0 Å². The van der Waals surface area contributed by atoms with Crippen molar-refractivity contribution >= 4 is 16.3 Å². The van der Waals surface area contributed by atoms with Crippen molar-refractivity contribution in [1.82, 2.24) is 0 Å². The molecular formula is C25H19F3. The molecule has 0 atom stereocenters. The number of benzene rings is 3.